The summed E-state index contributed by atoms with van der Waals surface area (Å²) >= 11 is 0. The molecule has 1 unspecified atom stereocenters. The number of rotatable bonds is 3. The fourth-order valence-corrected chi connectivity index (χ4v) is 1.29. The summed E-state index contributed by atoms with van der Waals surface area (Å²) < 4.78 is 5.55. The molecule has 0 aliphatic carbocycles. The zero-order valence-corrected chi connectivity index (χ0v) is 7.22. The van der Waals surface area contributed by atoms with Gasteiger partial charge < -0.3 is 9.64 Å². The van der Waals surface area contributed by atoms with E-state index in [-0.39, 0.29) is 6.23 Å². The number of carbonyl (C=O) groups excluding carboxylic acids is 1. The van der Waals surface area contributed by atoms with Crippen molar-refractivity contribution in [3.63, 3.8) is 0 Å². The molecule has 0 radical (unpaired) electrons. The molecule has 0 spiro atoms. The second-order valence-electron chi connectivity index (χ2n) is 3.02. The van der Waals surface area contributed by atoms with Gasteiger partial charge in [-0.3, -0.25) is 4.79 Å². The van der Waals surface area contributed by atoms with Gasteiger partial charge in [-0.2, -0.15) is 0 Å². The van der Waals surface area contributed by atoms with Gasteiger partial charge in [0.2, 0.25) is 6.41 Å². The van der Waals surface area contributed by atoms with Crippen LogP contribution in [0.1, 0.15) is 6.42 Å². The number of para-hydroxylation sites is 1. The highest BCUT2D eigenvalue weighted by molar-refractivity contribution is 5.49. The Morgan fingerprint density at radius 2 is 2.15 bits per heavy atom. The van der Waals surface area contributed by atoms with Crippen molar-refractivity contribution in [2.75, 3.05) is 6.54 Å². The predicted molar refractivity (Wildman–Crippen MR) is 48.2 cm³/mol. The van der Waals surface area contributed by atoms with Crippen LogP contribution in [0.2, 0.25) is 0 Å². The monoisotopic (exact) mass is 177 g/mol. The number of amides is 1. The molecule has 1 aromatic rings. The lowest BCUT2D eigenvalue weighted by Crippen LogP contribution is -2.50. The predicted octanol–water partition coefficient (Wildman–Crippen LogP) is 1.25. The molecule has 1 atom stereocenters. The van der Waals surface area contributed by atoms with Crippen LogP contribution in [-0.4, -0.2) is 24.1 Å². The van der Waals surface area contributed by atoms with Crippen molar-refractivity contribution in [2.24, 2.45) is 0 Å². The number of benzene rings is 1. The fraction of sp³-hybridized carbons (Fsp3) is 0.300. The van der Waals surface area contributed by atoms with Crippen molar-refractivity contribution in [1.29, 1.82) is 0 Å². The van der Waals surface area contributed by atoms with Crippen molar-refractivity contribution in [3.8, 4) is 5.75 Å². The summed E-state index contributed by atoms with van der Waals surface area (Å²) in [6.07, 6.45) is 1.70. The highest BCUT2D eigenvalue weighted by Gasteiger charge is 2.27. The maximum atomic E-state index is 10.4. The van der Waals surface area contributed by atoms with Crippen LogP contribution < -0.4 is 4.74 Å². The summed E-state index contributed by atoms with van der Waals surface area (Å²) in [5, 5.41) is 0. The topological polar surface area (TPSA) is 29.5 Å². The summed E-state index contributed by atoms with van der Waals surface area (Å²) in [6.45, 7) is 0.807. The van der Waals surface area contributed by atoms with E-state index >= 15 is 0 Å². The minimum absolute atomic E-state index is 0.0556. The lowest BCUT2D eigenvalue weighted by molar-refractivity contribution is -0.136. The van der Waals surface area contributed by atoms with Gasteiger partial charge in [-0.1, -0.05) is 18.2 Å². The van der Waals surface area contributed by atoms with Gasteiger partial charge in [-0.25, -0.2) is 0 Å². The Morgan fingerprint density at radius 1 is 1.38 bits per heavy atom. The van der Waals surface area contributed by atoms with Gasteiger partial charge in [0.25, 0.3) is 0 Å². The number of likely N-dealkylation sites (tertiary alicyclic amines) is 1. The molecule has 1 saturated heterocycles. The van der Waals surface area contributed by atoms with Crippen molar-refractivity contribution in [1.82, 2.24) is 4.90 Å². The molecule has 1 aliphatic heterocycles. The summed E-state index contributed by atoms with van der Waals surface area (Å²) in [6, 6.07) is 9.55. The van der Waals surface area contributed by atoms with E-state index in [1.54, 1.807) is 4.90 Å². The van der Waals surface area contributed by atoms with Crippen LogP contribution in [-0.2, 0) is 4.79 Å². The summed E-state index contributed by atoms with van der Waals surface area (Å²) in [4.78, 5) is 12.1. The van der Waals surface area contributed by atoms with E-state index in [2.05, 4.69) is 0 Å². The highest BCUT2D eigenvalue weighted by atomic mass is 16.5. The van der Waals surface area contributed by atoms with Crippen molar-refractivity contribution in [3.05, 3.63) is 30.3 Å². The van der Waals surface area contributed by atoms with Crippen LogP contribution in [0.4, 0.5) is 0 Å². The molecule has 13 heavy (non-hydrogen) atoms. The van der Waals surface area contributed by atoms with Gasteiger partial charge in [0.05, 0.1) is 0 Å². The van der Waals surface area contributed by atoms with E-state index in [0.29, 0.717) is 0 Å². The third kappa shape index (κ3) is 1.64. The van der Waals surface area contributed by atoms with Crippen LogP contribution in [0.15, 0.2) is 30.3 Å². The molecule has 1 aromatic carbocycles. The van der Waals surface area contributed by atoms with E-state index in [9.17, 15) is 4.79 Å². The molecule has 3 heteroatoms. The first kappa shape index (κ1) is 8.10. The largest absolute Gasteiger partial charge is 0.470 e. The second-order valence-corrected chi connectivity index (χ2v) is 3.02. The minimum Gasteiger partial charge on any atom is -0.470 e. The van der Waals surface area contributed by atoms with E-state index in [4.69, 9.17) is 4.74 Å². The molecule has 0 saturated carbocycles. The smallest absolute Gasteiger partial charge is 0.212 e. The van der Waals surface area contributed by atoms with Gasteiger partial charge in [0.15, 0.2) is 6.23 Å². The SMILES string of the molecule is O=CN1CCC1Oc1ccccc1. The number of ether oxygens (including phenoxy) is 1. The lowest BCUT2D eigenvalue weighted by atomic mass is 10.2. The maximum absolute atomic E-state index is 10.4. The van der Waals surface area contributed by atoms with Crippen molar-refractivity contribution >= 4 is 6.41 Å². The maximum Gasteiger partial charge on any atom is 0.212 e. The molecule has 0 N–H and O–H groups in total. The first-order valence-electron chi connectivity index (χ1n) is 4.33. The van der Waals surface area contributed by atoms with Gasteiger partial charge in [0.1, 0.15) is 5.75 Å². The Balaban J connectivity index is 1.95. The lowest BCUT2D eigenvalue weighted by Gasteiger charge is -2.37. The normalized spacial score (nSPS) is 20.6. The van der Waals surface area contributed by atoms with Gasteiger partial charge in [0, 0.05) is 13.0 Å². The molecule has 1 heterocycles. The van der Waals surface area contributed by atoms with Crippen LogP contribution >= 0.6 is 0 Å². The second kappa shape index (κ2) is 3.47. The number of nitrogens with zero attached hydrogens (tertiary/aromatic N) is 1. The van der Waals surface area contributed by atoms with Gasteiger partial charge >= 0.3 is 0 Å². The number of hydrogen-bond donors (Lipinski definition) is 0. The Kier molecular flexibility index (Phi) is 2.17. The summed E-state index contributed by atoms with van der Waals surface area (Å²) in [7, 11) is 0. The quantitative estimate of drug-likeness (QED) is 0.650. The van der Waals surface area contributed by atoms with Crippen molar-refractivity contribution < 1.29 is 9.53 Å². The van der Waals surface area contributed by atoms with Crippen LogP contribution in [0.5, 0.6) is 5.75 Å². The molecule has 1 fully saturated rings. The standard InChI is InChI=1S/C10H11NO2/c12-8-11-7-6-10(11)13-9-4-2-1-3-5-9/h1-5,8,10H,6-7H2. The molecule has 1 amide bonds. The molecule has 2 rings (SSSR count). The van der Waals surface area contributed by atoms with E-state index in [0.717, 1.165) is 25.1 Å². The van der Waals surface area contributed by atoms with E-state index in [1.807, 2.05) is 30.3 Å². The molecule has 0 bridgehead atoms. The average Bonchev–Trinajstić information content (AvgIpc) is 2.15. The molecule has 3 nitrogen and oxygen atoms in total. The third-order valence-corrected chi connectivity index (χ3v) is 2.15. The molecule has 1 aliphatic rings. The Bertz CT molecular complexity index is 286. The van der Waals surface area contributed by atoms with Crippen LogP contribution in [0.3, 0.4) is 0 Å². The van der Waals surface area contributed by atoms with Gasteiger partial charge in [-0.15, -0.1) is 0 Å². The van der Waals surface area contributed by atoms with Crippen LogP contribution in [0.25, 0.3) is 0 Å². The molecular weight excluding hydrogens is 166 g/mol. The Labute approximate surface area is 76.9 Å². The van der Waals surface area contributed by atoms with Crippen LogP contribution in [0, 0.1) is 0 Å². The minimum atomic E-state index is -0.0556. The summed E-state index contributed by atoms with van der Waals surface area (Å²) in [5.41, 5.74) is 0. The molecule has 68 valence electrons. The number of hydrogen-bond acceptors (Lipinski definition) is 2. The first-order valence-corrected chi connectivity index (χ1v) is 4.33. The van der Waals surface area contributed by atoms with Gasteiger partial charge in [-0.05, 0) is 12.1 Å². The molecular formula is C10H11NO2. The Morgan fingerprint density at radius 3 is 2.69 bits per heavy atom. The third-order valence-electron chi connectivity index (χ3n) is 2.15. The zero-order chi connectivity index (χ0) is 9.10. The molecule has 0 aromatic heterocycles. The van der Waals surface area contributed by atoms with E-state index in [1.165, 1.54) is 0 Å². The highest BCUT2D eigenvalue weighted by Crippen LogP contribution is 2.20. The first-order chi connectivity index (χ1) is 6.40. The zero-order valence-electron chi connectivity index (χ0n) is 7.22. The average molecular weight is 177 g/mol. The Hall–Kier alpha value is -1.51. The van der Waals surface area contributed by atoms with Crippen molar-refractivity contribution in [2.45, 2.75) is 12.6 Å². The fourth-order valence-electron chi connectivity index (χ4n) is 1.29. The number of carbonyl (C=O) groups is 1. The van der Waals surface area contributed by atoms with E-state index < -0.39 is 0 Å². The summed E-state index contributed by atoms with van der Waals surface area (Å²) in [5.74, 6) is 0.819.